The zero-order chi connectivity index (χ0) is 21.8. The van der Waals surface area contributed by atoms with Crippen molar-refractivity contribution >= 4 is 23.4 Å². The van der Waals surface area contributed by atoms with Crippen molar-refractivity contribution in [3.05, 3.63) is 52.8 Å². The zero-order valence-electron chi connectivity index (χ0n) is 19.0. The molecule has 170 valence electrons. The lowest BCUT2D eigenvalue weighted by Gasteiger charge is -2.46. The molecule has 4 nitrogen and oxygen atoms in total. The van der Waals surface area contributed by atoms with Crippen molar-refractivity contribution in [1.29, 1.82) is 0 Å². The summed E-state index contributed by atoms with van der Waals surface area (Å²) in [6, 6.07) is 12.1. The number of nitrogens with zero attached hydrogens (tertiary/aromatic N) is 3. The molecule has 1 aromatic carbocycles. The first-order chi connectivity index (χ1) is 15.0. The predicted molar refractivity (Wildman–Crippen MR) is 131 cm³/mol. The second-order valence-corrected chi connectivity index (χ2v) is 10.8. The summed E-state index contributed by atoms with van der Waals surface area (Å²) < 4.78 is 8.36. The molecule has 2 atom stereocenters. The van der Waals surface area contributed by atoms with Crippen LogP contribution in [0.4, 0.5) is 0 Å². The number of halogens is 1. The number of morpholine rings is 1. The highest BCUT2D eigenvalue weighted by Gasteiger charge is 2.36. The van der Waals surface area contributed by atoms with E-state index in [1.54, 1.807) is 0 Å². The second-order valence-electron chi connectivity index (χ2n) is 9.41. The predicted octanol–water partition coefficient (Wildman–Crippen LogP) is 5.82. The minimum Gasteiger partial charge on any atom is -0.374 e. The molecular weight excluding hydrogens is 426 g/mol. The van der Waals surface area contributed by atoms with Crippen molar-refractivity contribution < 1.29 is 4.74 Å². The molecular formula is C25H36ClN3OS. The monoisotopic (exact) mass is 461 g/mol. The molecule has 1 saturated carbocycles. The van der Waals surface area contributed by atoms with Gasteiger partial charge < -0.3 is 4.74 Å². The van der Waals surface area contributed by atoms with Crippen molar-refractivity contribution in [3.8, 4) is 0 Å². The van der Waals surface area contributed by atoms with Crippen LogP contribution >= 0.6 is 23.4 Å². The van der Waals surface area contributed by atoms with Crippen LogP contribution in [0, 0.1) is 0 Å². The number of rotatable bonds is 7. The van der Waals surface area contributed by atoms with Crippen LogP contribution in [0.3, 0.4) is 0 Å². The molecule has 0 radical (unpaired) electrons. The molecule has 4 rings (SSSR count). The van der Waals surface area contributed by atoms with E-state index in [0.29, 0.717) is 30.1 Å². The van der Waals surface area contributed by atoms with Crippen LogP contribution in [-0.4, -0.2) is 58.0 Å². The van der Waals surface area contributed by atoms with Crippen LogP contribution in [0.2, 0.25) is 5.02 Å². The minimum atomic E-state index is 0.343. The van der Waals surface area contributed by atoms with E-state index in [1.807, 2.05) is 23.9 Å². The Hall–Kier alpha value is -1.01. The molecule has 2 aliphatic rings. The van der Waals surface area contributed by atoms with Crippen LogP contribution in [-0.2, 0) is 11.2 Å². The van der Waals surface area contributed by atoms with Crippen LogP contribution in [0.1, 0.15) is 62.7 Å². The first kappa shape index (κ1) is 23.2. The Morgan fingerprint density at radius 1 is 1.13 bits per heavy atom. The molecule has 2 aromatic rings. The van der Waals surface area contributed by atoms with Crippen LogP contribution in [0.25, 0.3) is 0 Å². The van der Waals surface area contributed by atoms with Gasteiger partial charge in [-0.1, -0.05) is 23.7 Å². The van der Waals surface area contributed by atoms with Crippen LogP contribution < -0.4 is 0 Å². The Morgan fingerprint density at radius 3 is 2.52 bits per heavy atom. The van der Waals surface area contributed by atoms with Gasteiger partial charge >= 0.3 is 0 Å². The van der Waals surface area contributed by atoms with Gasteiger partial charge in [0.1, 0.15) is 0 Å². The van der Waals surface area contributed by atoms with Crippen LogP contribution in [0.5, 0.6) is 0 Å². The Kier molecular flexibility index (Phi) is 8.02. The summed E-state index contributed by atoms with van der Waals surface area (Å²) >= 11 is 7.99. The normalized spacial score (nSPS) is 27.6. The van der Waals surface area contributed by atoms with Gasteiger partial charge in [-0.15, -0.1) is 0 Å². The number of hydrogen-bond acceptors (Lipinski definition) is 4. The Morgan fingerprint density at radius 2 is 1.87 bits per heavy atom. The molecule has 1 aliphatic carbocycles. The lowest BCUT2D eigenvalue weighted by Crippen LogP contribution is -2.56. The topological polar surface area (TPSA) is 30.3 Å². The summed E-state index contributed by atoms with van der Waals surface area (Å²) in [6.45, 7) is 6.26. The number of hydrogen-bond donors (Lipinski definition) is 0. The Balaban J connectivity index is 1.41. The van der Waals surface area contributed by atoms with Gasteiger partial charge in [-0.05, 0) is 76.0 Å². The van der Waals surface area contributed by atoms with Gasteiger partial charge in [0.2, 0.25) is 0 Å². The van der Waals surface area contributed by atoms with Gasteiger partial charge in [0.25, 0.3) is 0 Å². The third-order valence-electron chi connectivity index (χ3n) is 6.89. The lowest BCUT2D eigenvalue weighted by molar-refractivity contribution is -0.0750. The number of ether oxygens (including phenoxy) is 1. The van der Waals surface area contributed by atoms with Crippen molar-refractivity contribution in [3.63, 3.8) is 0 Å². The first-order valence-corrected chi connectivity index (χ1v) is 13.5. The highest BCUT2D eigenvalue weighted by atomic mass is 35.5. The van der Waals surface area contributed by atoms with E-state index in [4.69, 9.17) is 21.4 Å². The molecule has 0 bridgehead atoms. The molecule has 2 unspecified atom stereocenters. The fourth-order valence-electron chi connectivity index (χ4n) is 5.14. The highest BCUT2D eigenvalue weighted by molar-refractivity contribution is 7.98. The van der Waals surface area contributed by atoms with E-state index < -0.39 is 0 Å². The van der Waals surface area contributed by atoms with Gasteiger partial charge in [-0.2, -0.15) is 16.9 Å². The van der Waals surface area contributed by atoms with E-state index in [0.717, 1.165) is 30.3 Å². The average molecular weight is 462 g/mol. The third-order valence-corrected chi connectivity index (χ3v) is 7.84. The summed E-state index contributed by atoms with van der Waals surface area (Å²) in [5.74, 6) is 1.68. The highest BCUT2D eigenvalue weighted by Crippen LogP contribution is 2.36. The molecule has 2 fully saturated rings. The summed E-state index contributed by atoms with van der Waals surface area (Å²) in [7, 11) is 0. The molecule has 31 heavy (non-hydrogen) atoms. The molecule has 2 heterocycles. The third kappa shape index (κ3) is 5.87. The van der Waals surface area contributed by atoms with Gasteiger partial charge in [-0.3, -0.25) is 9.58 Å². The molecule has 0 spiro atoms. The lowest BCUT2D eigenvalue weighted by atomic mass is 9.82. The largest absolute Gasteiger partial charge is 0.374 e. The quantitative estimate of drug-likeness (QED) is 0.519. The number of thioether (sulfide) groups is 1. The fourth-order valence-corrected chi connectivity index (χ4v) is 5.84. The van der Waals surface area contributed by atoms with E-state index >= 15 is 0 Å². The molecule has 1 saturated heterocycles. The molecule has 1 aromatic heterocycles. The van der Waals surface area contributed by atoms with Gasteiger partial charge in [0.15, 0.2) is 0 Å². The summed E-state index contributed by atoms with van der Waals surface area (Å²) in [4.78, 5) is 2.78. The molecule has 6 heteroatoms. The smallest absolute Gasteiger partial charge is 0.0793 e. The maximum Gasteiger partial charge on any atom is 0.0793 e. The maximum absolute atomic E-state index is 6.26. The number of benzene rings is 1. The minimum absolute atomic E-state index is 0.343. The Labute approximate surface area is 196 Å². The van der Waals surface area contributed by atoms with E-state index in [9.17, 15) is 0 Å². The van der Waals surface area contributed by atoms with Crippen molar-refractivity contribution in [2.45, 2.75) is 76.1 Å². The second kappa shape index (κ2) is 10.7. The van der Waals surface area contributed by atoms with E-state index in [2.05, 4.69) is 54.1 Å². The number of aromatic nitrogens is 2. The summed E-state index contributed by atoms with van der Waals surface area (Å²) in [5.41, 5.74) is 2.63. The van der Waals surface area contributed by atoms with Gasteiger partial charge in [0, 0.05) is 47.6 Å². The zero-order valence-corrected chi connectivity index (χ0v) is 20.6. The molecule has 1 aliphatic heterocycles. The van der Waals surface area contributed by atoms with Gasteiger partial charge in [-0.25, -0.2) is 0 Å². The van der Waals surface area contributed by atoms with Gasteiger partial charge in [0.05, 0.1) is 18.4 Å². The van der Waals surface area contributed by atoms with Crippen molar-refractivity contribution in [2.24, 2.45) is 0 Å². The Bertz CT molecular complexity index is 816. The van der Waals surface area contributed by atoms with Crippen molar-refractivity contribution in [1.82, 2.24) is 14.7 Å². The fraction of sp³-hybridized carbons (Fsp3) is 0.640. The SMILES string of the molecule is CSCC1CN(C2CCC(c3ccn(C(C)C)n3)CC2)C(Cc2ccc(Cl)cc2)CO1. The van der Waals surface area contributed by atoms with Crippen molar-refractivity contribution in [2.75, 3.05) is 25.2 Å². The summed E-state index contributed by atoms with van der Waals surface area (Å²) in [5, 5.41) is 5.66. The molecule has 0 N–H and O–H groups in total. The standard InChI is InChI=1S/C25H36ClN3OS/c1-18(2)29-13-12-25(27-29)20-6-10-22(11-7-20)28-15-24(17-31-3)30-16-23(28)14-19-4-8-21(26)9-5-19/h4-5,8-9,12-13,18,20,22-24H,6-7,10-11,14-17H2,1-3H3. The maximum atomic E-state index is 6.26. The first-order valence-electron chi connectivity index (χ1n) is 11.7. The molecule has 0 amide bonds. The average Bonchev–Trinajstić information content (AvgIpc) is 3.27. The summed E-state index contributed by atoms with van der Waals surface area (Å²) in [6.07, 6.45) is 10.7. The van der Waals surface area contributed by atoms with E-state index in [1.165, 1.54) is 36.9 Å². The van der Waals surface area contributed by atoms with Crippen LogP contribution in [0.15, 0.2) is 36.5 Å². The van der Waals surface area contributed by atoms with E-state index in [-0.39, 0.29) is 0 Å².